The number of nitro benzene ring substituents is 1. The Kier molecular flexibility index (Phi) is 6.30. The summed E-state index contributed by atoms with van der Waals surface area (Å²) in [5.74, 6) is 0.764. The molecule has 0 aliphatic heterocycles. The third-order valence-corrected chi connectivity index (χ3v) is 5.19. The predicted molar refractivity (Wildman–Crippen MR) is 100 cm³/mol. The maximum absolute atomic E-state index is 12.2. The van der Waals surface area contributed by atoms with Gasteiger partial charge in [-0.05, 0) is 49.5 Å². The molecule has 1 aromatic rings. The summed E-state index contributed by atoms with van der Waals surface area (Å²) in [4.78, 5) is 22.5. The molecule has 0 bridgehead atoms. The van der Waals surface area contributed by atoms with Crippen LogP contribution in [-0.2, 0) is 0 Å². The van der Waals surface area contributed by atoms with Crippen LogP contribution in [-0.4, -0.2) is 22.0 Å². The Balaban J connectivity index is 1.88. The van der Waals surface area contributed by atoms with E-state index in [4.69, 9.17) is 12.2 Å². The van der Waals surface area contributed by atoms with Crippen molar-refractivity contribution in [3.05, 3.63) is 39.4 Å². The smallest absolute Gasteiger partial charge is 0.272 e. The number of aryl methyl sites for hydroxylation is 1. The minimum atomic E-state index is -0.472. The molecule has 0 aromatic heterocycles. The van der Waals surface area contributed by atoms with Crippen LogP contribution in [0.1, 0.15) is 49.0 Å². The Morgan fingerprint density at radius 1 is 1.28 bits per heavy atom. The lowest BCUT2D eigenvalue weighted by Gasteiger charge is -2.35. The number of amides is 1. The van der Waals surface area contributed by atoms with Gasteiger partial charge in [0.25, 0.3) is 11.6 Å². The van der Waals surface area contributed by atoms with Gasteiger partial charge in [0.15, 0.2) is 5.11 Å². The molecule has 1 aliphatic rings. The van der Waals surface area contributed by atoms with Gasteiger partial charge in [-0.2, -0.15) is 0 Å². The maximum atomic E-state index is 12.2. The highest BCUT2D eigenvalue weighted by Gasteiger charge is 2.27. The van der Waals surface area contributed by atoms with Gasteiger partial charge < -0.3 is 5.32 Å². The molecule has 136 valence electrons. The number of hydrazine groups is 1. The highest BCUT2D eigenvalue weighted by Crippen LogP contribution is 2.29. The van der Waals surface area contributed by atoms with Crippen LogP contribution in [0.25, 0.3) is 0 Å². The number of carbonyl (C=O) groups excluding carboxylic acids is 1. The Labute approximate surface area is 152 Å². The molecule has 3 atom stereocenters. The van der Waals surface area contributed by atoms with Crippen molar-refractivity contribution in [2.24, 2.45) is 11.8 Å². The molecule has 7 nitrogen and oxygen atoms in total. The van der Waals surface area contributed by atoms with Crippen molar-refractivity contribution in [1.29, 1.82) is 0 Å². The van der Waals surface area contributed by atoms with E-state index in [0.717, 1.165) is 6.42 Å². The van der Waals surface area contributed by atoms with Gasteiger partial charge in [0, 0.05) is 23.2 Å². The molecular formula is C17H24N4O3S. The third kappa shape index (κ3) is 4.88. The lowest BCUT2D eigenvalue weighted by Crippen LogP contribution is -2.52. The Bertz CT molecular complexity index is 680. The number of rotatable bonds is 3. The topological polar surface area (TPSA) is 96.3 Å². The lowest BCUT2D eigenvalue weighted by molar-refractivity contribution is -0.385. The third-order valence-electron chi connectivity index (χ3n) is 4.97. The standard InChI is InChI=1S/C17H24N4O3S/c1-10-5-4-6-14(12(10)3)18-17(25)20-19-16(22)13-7-8-15(21(23)24)11(2)9-13/h7-10,12,14H,4-6H2,1-3H3,(H,19,22)(H2,18,20,25)/t10-,12+,14+/m1/s1. The molecule has 1 aliphatic carbocycles. The van der Waals surface area contributed by atoms with Crippen molar-refractivity contribution < 1.29 is 9.72 Å². The second-order valence-corrected chi connectivity index (χ2v) is 7.09. The van der Waals surface area contributed by atoms with Gasteiger partial charge in [-0.15, -0.1) is 0 Å². The molecular weight excluding hydrogens is 340 g/mol. The first kappa shape index (κ1) is 19.1. The van der Waals surface area contributed by atoms with Crippen LogP contribution in [0.4, 0.5) is 5.69 Å². The average Bonchev–Trinajstić information content (AvgIpc) is 2.56. The molecule has 0 heterocycles. The van der Waals surface area contributed by atoms with Crippen molar-refractivity contribution >= 4 is 28.9 Å². The van der Waals surface area contributed by atoms with Gasteiger partial charge in [-0.1, -0.05) is 26.7 Å². The molecule has 8 heteroatoms. The monoisotopic (exact) mass is 364 g/mol. The molecule has 1 amide bonds. The summed E-state index contributed by atoms with van der Waals surface area (Å²) in [6, 6.07) is 4.52. The molecule has 25 heavy (non-hydrogen) atoms. The highest BCUT2D eigenvalue weighted by molar-refractivity contribution is 7.80. The van der Waals surface area contributed by atoms with E-state index in [9.17, 15) is 14.9 Å². The zero-order valence-corrected chi connectivity index (χ0v) is 15.5. The summed E-state index contributed by atoms with van der Waals surface area (Å²) in [6.45, 7) is 6.05. The van der Waals surface area contributed by atoms with E-state index in [2.05, 4.69) is 30.0 Å². The molecule has 0 radical (unpaired) electrons. The van der Waals surface area contributed by atoms with Crippen molar-refractivity contribution in [3.8, 4) is 0 Å². The van der Waals surface area contributed by atoms with Crippen molar-refractivity contribution in [2.75, 3.05) is 0 Å². The number of hydrogen-bond donors (Lipinski definition) is 3. The molecule has 3 N–H and O–H groups in total. The number of nitro groups is 1. The number of nitrogens with one attached hydrogen (secondary N) is 3. The summed E-state index contributed by atoms with van der Waals surface area (Å²) < 4.78 is 0. The summed E-state index contributed by atoms with van der Waals surface area (Å²) in [5, 5.41) is 14.5. The number of carbonyl (C=O) groups is 1. The maximum Gasteiger partial charge on any atom is 0.272 e. The zero-order chi connectivity index (χ0) is 18.6. The largest absolute Gasteiger partial charge is 0.358 e. The first-order valence-electron chi connectivity index (χ1n) is 8.41. The summed E-state index contributed by atoms with van der Waals surface area (Å²) in [5.41, 5.74) is 5.99. The number of hydrogen-bond acceptors (Lipinski definition) is 4. The summed E-state index contributed by atoms with van der Waals surface area (Å²) in [7, 11) is 0. The minimum absolute atomic E-state index is 0.0119. The Morgan fingerprint density at radius 2 is 2.00 bits per heavy atom. The number of nitrogens with zero attached hydrogens (tertiary/aromatic N) is 1. The van der Waals surface area contributed by atoms with E-state index in [1.165, 1.54) is 31.0 Å². The first-order chi connectivity index (χ1) is 11.8. The van der Waals surface area contributed by atoms with E-state index in [1.807, 2.05) is 0 Å². The Morgan fingerprint density at radius 3 is 2.64 bits per heavy atom. The van der Waals surface area contributed by atoms with Crippen molar-refractivity contribution in [2.45, 2.75) is 46.1 Å². The van der Waals surface area contributed by atoms with E-state index in [1.54, 1.807) is 6.92 Å². The van der Waals surface area contributed by atoms with Crippen LogP contribution in [0.3, 0.4) is 0 Å². The van der Waals surface area contributed by atoms with Crippen LogP contribution in [0.2, 0.25) is 0 Å². The summed E-state index contributed by atoms with van der Waals surface area (Å²) >= 11 is 5.25. The normalized spacial score (nSPS) is 22.8. The predicted octanol–water partition coefficient (Wildman–Crippen LogP) is 2.84. The zero-order valence-electron chi connectivity index (χ0n) is 14.7. The molecule has 1 aromatic carbocycles. The van der Waals surface area contributed by atoms with Crippen LogP contribution in [0, 0.1) is 28.9 Å². The molecule has 2 rings (SSSR count). The molecule has 0 unspecified atom stereocenters. The van der Waals surface area contributed by atoms with Crippen molar-refractivity contribution in [1.82, 2.24) is 16.2 Å². The van der Waals surface area contributed by atoms with Crippen LogP contribution >= 0.6 is 12.2 Å². The first-order valence-corrected chi connectivity index (χ1v) is 8.82. The van der Waals surface area contributed by atoms with Gasteiger partial charge >= 0.3 is 0 Å². The average molecular weight is 364 g/mol. The van der Waals surface area contributed by atoms with E-state index < -0.39 is 10.8 Å². The fourth-order valence-electron chi connectivity index (χ4n) is 3.18. The second kappa shape index (κ2) is 8.24. The molecule has 0 spiro atoms. The van der Waals surface area contributed by atoms with Gasteiger partial charge in [0.2, 0.25) is 0 Å². The SMILES string of the molecule is Cc1cc(C(=O)NNC(=S)N[C@H]2CCC[C@@H](C)[C@@H]2C)ccc1[N+](=O)[O-]. The van der Waals surface area contributed by atoms with Crippen LogP contribution < -0.4 is 16.2 Å². The minimum Gasteiger partial charge on any atom is -0.358 e. The fraction of sp³-hybridized carbons (Fsp3) is 0.529. The van der Waals surface area contributed by atoms with Gasteiger partial charge in [-0.3, -0.25) is 25.8 Å². The highest BCUT2D eigenvalue weighted by atomic mass is 32.1. The van der Waals surface area contributed by atoms with E-state index in [0.29, 0.717) is 34.1 Å². The van der Waals surface area contributed by atoms with Crippen LogP contribution in [0.5, 0.6) is 0 Å². The molecule has 1 saturated carbocycles. The summed E-state index contributed by atoms with van der Waals surface area (Å²) in [6.07, 6.45) is 3.46. The van der Waals surface area contributed by atoms with Gasteiger partial charge in [-0.25, -0.2) is 0 Å². The number of benzene rings is 1. The van der Waals surface area contributed by atoms with Gasteiger partial charge in [0.1, 0.15) is 0 Å². The van der Waals surface area contributed by atoms with Crippen LogP contribution in [0.15, 0.2) is 18.2 Å². The Hall–Kier alpha value is -2.22. The molecule has 0 saturated heterocycles. The van der Waals surface area contributed by atoms with E-state index >= 15 is 0 Å². The fourth-order valence-corrected chi connectivity index (χ4v) is 3.38. The number of thiocarbonyl (C=S) groups is 1. The lowest BCUT2D eigenvalue weighted by atomic mass is 9.78. The second-order valence-electron chi connectivity index (χ2n) is 6.68. The molecule has 1 fully saturated rings. The van der Waals surface area contributed by atoms with E-state index in [-0.39, 0.29) is 5.69 Å². The van der Waals surface area contributed by atoms with Gasteiger partial charge in [0.05, 0.1) is 4.92 Å². The van der Waals surface area contributed by atoms with Crippen molar-refractivity contribution in [3.63, 3.8) is 0 Å². The quantitative estimate of drug-likeness (QED) is 0.434.